The number of ether oxygens (including phenoxy) is 1. The van der Waals surface area contributed by atoms with Crippen LogP contribution in [0, 0.1) is 0 Å². The molecule has 1 fully saturated rings. The minimum absolute atomic E-state index is 0.00625. The number of esters is 1. The molecule has 1 aliphatic rings. The van der Waals surface area contributed by atoms with Crippen LogP contribution in [0.2, 0.25) is 5.02 Å². The quantitative estimate of drug-likeness (QED) is 0.796. The molecule has 0 N–H and O–H groups in total. The largest absolute Gasteiger partial charge is 0.465 e. The lowest BCUT2D eigenvalue weighted by atomic mass is 10.2. The number of rotatable bonds is 4. The first-order chi connectivity index (χ1) is 9.87. The van der Waals surface area contributed by atoms with Gasteiger partial charge in [0.2, 0.25) is 10.0 Å². The lowest BCUT2D eigenvalue weighted by Gasteiger charge is -2.24. The van der Waals surface area contributed by atoms with Crippen LogP contribution in [-0.2, 0) is 14.8 Å². The number of benzene rings is 1. The van der Waals surface area contributed by atoms with E-state index in [0.717, 1.165) is 25.7 Å². The Hall–Kier alpha value is -1.11. The van der Waals surface area contributed by atoms with Crippen LogP contribution in [0.25, 0.3) is 0 Å². The molecule has 0 bridgehead atoms. The maximum atomic E-state index is 12.8. The summed E-state index contributed by atoms with van der Waals surface area (Å²) in [6.45, 7) is 0. The van der Waals surface area contributed by atoms with Crippen molar-refractivity contribution in [3.63, 3.8) is 0 Å². The van der Waals surface area contributed by atoms with Gasteiger partial charge in [0.15, 0.2) is 0 Å². The Kier molecular flexibility index (Phi) is 4.91. The molecule has 0 atom stereocenters. The summed E-state index contributed by atoms with van der Waals surface area (Å²) in [5.74, 6) is -0.690. The normalized spacial score (nSPS) is 16.4. The van der Waals surface area contributed by atoms with E-state index in [1.54, 1.807) is 7.05 Å². The van der Waals surface area contributed by atoms with Gasteiger partial charge in [-0.2, -0.15) is 4.31 Å². The topological polar surface area (TPSA) is 63.7 Å². The van der Waals surface area contributed by atoms with E-state index in [4.69, 9.17) is 11.6 Å². The predicted molar refractivity (Wildman–Crippen MR) is 80.0 cm³/mol. The molecular formula is C14H18ClNO4S. The first kappa shape index (κ1) is 16.3. The van der Waals surface area contributed by atoms with E-state index >= 15 is 0 Å². The standard InChI is InChI=1S/C14H18ClNO4S/c1-16(11-5-3-4-6-11)21(18,19)13-9-10(15)7-8-12(13)14(17)20-2/h7-9,11H,3-6H2,1-2H3. The van der Waals surface area contributed by atoms with E-state index < -0.39 is 16.0 Å². The zero-order chi connectivity index (χ0) is 15.6. The summed E-state index contributed by atoms with van der Waals surface area (Å²) >= 11 is 5.90. The van der Waals surface area contributed by atoms with Gasteiger partial charge in [-0.05, 0) is 31.0 Å². The molecule has 5 nitrogen and oxygen atoms in total. The molecule has 21 heavy (non-hydrogen) atoms. The molecule has 0 amide bonds. The molecule has 0 aromatic heterocycles. The number of hydrogen-bond acceptors (Lipinski definition) is 4. The van der Waals surface area contributed by atoms with Gasteiger partial charge >= 0.3 is 5.97 Å². The van der Waals surface area contributed by atoms with Gasteiger partial charge in [0, 0.05) is 18.1 Å². The summed E-state index contributed by atoms with van der Waals surface area (Å²) in [7, 11) is -1.02. The highest BCUT2D eigenvalue weighted by molar-refractivity contribution is 7.89. The van der Waals surface area contributed by atoms with Gasteiger partial charge in [0.1, 0.15) is 0 Å². The molecule has 116 valence electrons. The molecule has 0 radical (unpaired) electrons. The van der Waals surface area contributed by atoms with E-state index in [0.29, 0.717) is 0 Å². The molecule has 0 unspecified atom stereocenters. The van der Waals surface area contributed by atoms with Crippen molar-refractivity contribution in [2.45, 2.75) is 36.6 Å². The first-order valence-electron chi connectivity index (χ1n) is 6.74. The fraction of sp³-hybridized carbons (Fsp3) is 0.500. The van der Waals surface area contributed by atoms with Crippen LogP contribution in [0.15, 0.2) is 23.1 Å². The number of carbonyl (C=O) groups excluding carboxylic acids is 1. The fourth-order valence-corrected chi connectivity index (χ4v) is 4.46. The van der Waals surface area contributed by atoms with Crippen molar-refractivity contribution in [2.24, 2.45) is 0 Å². The summed E-state index contributed by atoms with van der Waals surface area (Å²) in [5.41, 5.74) is 0.00625. The molecule has 1 aromatic rings. The van der Waals surface area contributed by atoms with E-state index in [9.17, 15) is 13.2 Å². The van der Waals surface area contributed by atoms with Crippen molar-refractivity contribution in [3.8, 4) is 0 Å². The maximum absolute atomic E-state index is 12.8. The Morgan fingerprint density at radius 2 is 1.95 bits per heavy atom. The number of hydrogen-bond donors (Lipinski definition) is 0. The molecule has 2 rings (SSSR count). The molecule has 1 aliphatic carbocycles. The van der Waals surface area contributed by atoms with Crippen molar-refractivity contribution in [3.05, 3.63) is 28.8 Å². The Bertz CT molecular complexity index is 638. The summed E-state index contributed by atoms with van der Waals surface area (Å²) in [6, 6.07) is 4.13. The highest BCUT2D eigenvalue weighted by atomic mass is 35.5. The van der Waals surface area contributed by atoms with Crippen LogP contribution in [0.1, 0.15) is 36.0 Å². The van der Waals surface area contributed by atoms with Gasteiger partial charge in [-0.3, -0.25) is 0 Å². The summed E-state index contributed by atoms with van der Waals surface area (Å²) in [6.07, 6.45) is 3.71. The van der Waals surface area contributed by atoms with E-state index in [1.807, 2.05) is 0 Å². The second kappa shape index (κ2) is 6.34. The SMILES string of the molecule is COC(=O)c1ccc(Cl)cc1S(=O)(=O)N(C)C1CCCC1. The molecule has 0 aliphatic heterocycles. The monoisotopic (exact) mass is 331 g/mol. The first-order valence-corrected chi connectivity index (χ1v) is 8.55. The Morgan fingerprint density at radius 1 is 1.33 bits per heavy atom. The van der Waals surface area contributed by atoms with Crippen LogP contribution in [-0.4, -0.2) is 38.9 Å². The molecular weight excluding hydrogens is 314 g/mol. The maximum Gasteiger partial charge on any atom is 0.339 e. The predicted octanol–water partition coefficient (Wildman–Crippen LogP) is 2.69. The number of sulfonamides is 1. The smallest absolute Gasteiger partial charge is 0.339 e. The molecule has 7 heteroatoms. The van der Waals surface area contributed by atoms with Gasteiger partial charge < -0.3 is 4.74 Å². The molecule has 0 heterocycles. The van der Waals surface area contributed by atoms with Crippen LogP contribution >= 0.6 is 11.6 Å². The fourth-order valence-electron chi connectivity index (χ4n) is 2.61. The second-order valence-electron chi connectivity index (χ2n) is 5.09. The highest BCUT2D eigenvalue weighted by Gasteiger charge is 2.33. The number of nitrogens with zero attached hydrogens (tertiary/aromatic N) is 1. The Morgan fingerprint density at radius 3 is 2.52 bits per heavy atom. The number of halogens is 1. The lowest BCUT2D eigenvalue weighted by molar-refractivity contribution is 0.0596. The number of carbonyl (C=O) groups is 1. The summed E-state index contributed by atoms with van der Waals surface area (Å²) in [5, 5.41) is 0.265. The van der Waals surface area contributed by atoms with Crippen LogP contribution in [0.5, 0.6) is 0 Å². The third-order valence-electron chi connectivity index (χ3n) is 3.84. The van der Waals surface area contributed by atoms with Crippen molar-refractivity contribution in [1.82, 2.24) is 4.31 Å². The highest BCUT2D eigenvalue weighted by Crippen LogP contribution is 2.30. The van der Waals surface area contributed by atoms with Crippen LogP contribution in [0.4, 0.5) is 0 Å². The average Bonchev–Trinajstić information content (AvgIpc) is 2.99. The third-order valence-corrected chi connectivity index (χ3v) is 6.03. The zero-order valence-electron chi connectivity index (χ0n) is 12.0. The van der Waals surface area contributed by atoms with Crippen molar-refractivity contribution in [1.29, 1.82) is 0 Å². The second-order valence-corrected chi connectivity index (χ2v) is 7.49. The van der Waals surface area contributed by atoms with Crippen molar-refractivity contribution < 1.29 is 17.9 Å². The Labute approximate surface area is 129 Å². The van der Waals surface area contributed by atoms with E-state index in [1.165, 1.54) is 29.6 Å². The van der Waals surface area contributed by atoms with Gasteiger partial charge in [-0.25, -0.2) is 13.2 Å². The average molecular weight is 332 g/mol. The van der Waals surface area contributed by atoms with E-state index in [-0.39, 0.29) is 21.5 Å². The van der Waals surface area contributed by atoms with Gasteiger partial charge in [-0.15, -0.1) is 0 Å². The van der Waals surface area contributed by atoms with Gasteiger partial charge in [-0.1, -0.05) is 24.4 Å². The molecule has 0 saturated heterocycles. The van der Waals surface area contributed by atoms with Crippen molar-refractivity contribution in [2.75, 3.05) is 14.2 Å². The van der Waals surface area contributed by atoms with Crippen LogP contribution in [0.3, 0.4) is 0 Å². The molecule has 1 saturated carbocycles. The summed E-state index contributed by atoms with van der Waals surface area (Å²) in [4.78, 5) is 11.7. The lowest BCUT2D eigenvalue weighted by Crippen LogP contribution is -2.36. The van der Waals surface area contributed by atoms with Gasteiger partial charge in [0.25, 0.3) is 0 Å². The molecule has 1 aromatic carbocycles. The minimum atomic E-state index is -3.78. The van der Waals surface area contributed by atoms with E-state index in [2.05, 4.69) is 4.74 Å². The third kappa shape index (κ3) is 3.22. The van der Waals surface area contributed by atoms with Gasteiger partial charge in [0.05, 0.1) is 17.6 Å². The Balaban J connectivity index is 2.47. The number of methoxy groups -OCH3 is 1. The summed E-state index contributed by atoms with van der Waals surface area (Å²) < 4.78 is 31.5. The van der Waals surface area contributed by atoms with Crippen molar-refractivity contribution >= 4 is 27.6 Å². The zero-order valence-corrected chi connectivity index (χ0v) is 13.6. The minimum Gasteiger partial charge on any atom is -0.465 e. The van der Waals surface area contributed by atoms with Crippen LogP contribution < -0.4 is 0 Å². The molecule has 0 spiro atoms.